The van der Waals surface area contributed by atoms with Gasteiger partial charge in [0.05, 0.1) is 44.2 Å². The first-order valence-electron chi connectivity index (χ1n) is 13.0. The molecule has 2 aromatic heterocycles. The van der Waals surface area contributed by atoms with Crippen molar-refractivity contribution in [1.82, 2.24) is 13.9 Å². The van der Waals surface area contributed by atoms with Crippen LogP contribution in [0.2, 0.25) is 0 Å². The zero-order valence-electron chi connectivity index (χ0n) is 23.4. The van der Waals surface area contributed by atoms with E-state index in [4.69, 9.17) is 13.9 Å². The standard InChI is InChI=1S/C31H30N4O6S/c1-22-6-10-24(11-7-22)35-20-29(23-8-12-25(39-2)13-9-23)32-31(35)33-30(36)21-34(19-27-5-4-18-41-27)42(37,38)28-16-14-26(40-3)15-17-28/h4-18,20H,19,21H2,1-3H3,(H,32,33,36). The molecule has 0 saturated heterocycles. The molecule has 0 aliphatic rings. The van der Waals surface area contributed by atoms with Gasteiger partial charge < -0.3 is 13.9 Å². The molecule has 42 heavy (non-hydrogen) atoms. The highest BCUT2D eigenvalue weighted by Gasteiger charge is 2.28. The summed E-state index contributed by atoms with van der Waals surface area (Å²) in [5.41, 5.74) is 3.30. The molecule has 0 aliphatic carbocycles. The van der Waals surface area contributed by atoms with Gasteiger partial charge in [-0.1, -0.05) is 17.7 Å². The number of ether oxygens (including phenoxy) is 2. The van der Waals surface area contributed by atoms with Crippen molar-refractivity contribution in [1.29, 1.82) is 0 Å². The number of aromatic nitrogens is 2. The summed E-state index contributed by atoms with van der Waals surface area (Å²) in [6.07, 6.45) is 3.27. The first kappa shape index (κ1) is 28.7. The molecular formula is C31H30N4O6S. The summed E-state index contributed by atoms with van der Waals surface area (Å²) in [4.78, 5) is 18.2. The molecule has 2 heterocycles. The van der Waals surface area contributed by atoms with E-state index in [1.165, 1.54) is 25.5 Å². The average Bonchev–Trinajstić information content (AvgIpc) is 3.67. The third-order valence-electron chi connectivity index (χ3n) is 6.58. The first-order valence-corrected chi connectivity index (χ1v) is 14.5. The number of amides is 1. The number of rotatable bonds is 11. The van der Waals surface area contributed by atoms with Crippen LogP contribution in [0, 0.1) is 6.92 Å². The van der Waals surface area contributed by atoms with Crippen molar-refractivity contribution in [3.63, 3.8) is 0 Å². The summed E-state index contributed by atoms with van der Waals surface area (Å²) >= 11 is 0. The molecule has 0 saturated carbocycles. The van der Waals surface area contributed by atoms with Crippen LogP contribution in [0.25, 0.3) is 16.9 Å². The van der Waals surface area contributed by atoms with E-state index in [0.29, 0.717) is 23.0 Å². The van der Waals surface area contributed by atoms with Crippen molar-refractivity contribution in [2.24, 2.45) is 0 Å². The number of carbonyl (C=O) groups excluding carboxylic acids is 1. The number of methoxy groups -OCH3 is 2. The van der Waals surface area contributed by atoms with E-state index in [1.54, 1.807) is 35.9 Å². The summed E-state index contributed by atoms with van der Waals surface area (Å²) in [5, 5.41) is 2.82. The van der Waals surface area contributed by atoms with Gasteiger partial charge in [-0.15, -0.1) is 0 Å². The molecule has 0 bridgehead atoms. The SMILES string of the molecule is COc1ccc(-c2cn(-c3ccc(C)cc3)c(NC(=O)CN(Cc3ccco3)S(=O)(=O)c3ccc(OC)cc3)n2)cc1. The summed E-state index contributed by atoms with van der Waals surface area (Å²) in [6.45, 7) is 1.37. The van der Waals surface area contributed by atoms with E-state index >= 15 is 0 Å². The third kappa shape index (κ3) is 6.37. The van der Waals surface area contributed by atoms with Crippen LogP contribution in [0.15, 0.2) is 107 Å². The zero-order valence-corrected chi connectivity index (χ0v) is 24.2. The second-order valence-corrected chi connectivity index (χ2v) is 11.4. The van der Waals surface area contributed by atoms with Gasteiger partial charge in [0.1, 0.15) is 17.3 Å². The molecule has 1 N–H and O–H groups in total. The number of anilines is 1. The molecular weight excluding hydrogens is 556 g/mol. The van der Waals surface area contributed by atoms with Crippen molar-refractivity contribution in [2.75, 3.05) is 26.1 Å². The Morgan fingerprint density at radius 1 is 0.929 bits per heavy atom. The Hall–Kier alpha value is -4.87. The Morgan fingerprint density at radius 2 is 1.57 bits per heavy atom. The molecule has 0 unspecified atom stereocenters. The summed E-state index contributed by atoms with van der Waals surface area (Å²) < 4.78 is 45.9. The Labute approximate surface area is 244 Å². The van der Waals surface area contributed by atoms with Crippen LogP contribution in [0.5, 0.6) is 11.5 Å². The van der Waals surface area contributed by atoms with E-state index in [9.17, 15) is 13.2 Å². The topological polar surface area (TPSA) is 116 Å². The van der Waals surface area contributed by atoms with Gasteiger partial charge >= 0.3 is 0 Å². The Morgan fingerprint density at radius 3 is 2.17 bits per heavy atom. The molecule has 0 fully saturated rings. The predicted octanol–water partition coefficient (Wildman–Crippen LogP) is 5.29. The van der Waals surface area contributed by atoms with Gasteiger partial charge in [-0.3, -0.25) is 14.7 Å². The molecule has 0 radical (unpaired) electrons. The molecule has 5 rings (SSSR count). The molecule has 0 spiro atoms. The van der Waals surface area contributed by atoms with E-state index in [0.717, 1.165) is 21.1 Å². The zero-order chi connectivity index (χ0) is 29.7. The number of carbonyl (C=O) groups is 1. The molecule has 10 nitrogen and oxygen atoms in total. The molecule has 1 amide bonds. The van der Waals surface area contributed by atoms with E-state index in [1.807, 2.05) is 61.7 Å². The highest BCUT2D eigenvalue weighted by atomic mass is 32.2. The predicted molar refractivity (Wildman–Crippen MR) is 158 cm³/mol. The van der Waals surface area contributed by atoms with Crippen LogP contribution >= 0.6 is 0 Å². The lowest BCUT2D eigenvalue weighted by molar-refractivity contribution is -0.116. The molecule has 0 atom stereocenters. The maximum Gasteiger partial charge on any atom is 0.243 e. The van der Waals surface area contributed by atoms with Crippen LogP contribution in [0.3, 0.4) is 0 Å². The van der Waals surface area contributed by atoms with E-state index < -0.39 is 22.5 Å². The minimum atomic E-state index is -4.08. The normalized spacial score (nSPS) is 11.4. The lowest BCUT2D eigenvalue weighted by Crippen LogP contribution is -2.37. The Kier molecular flexibility index (Phi) is 8.41. The number of hydrogen-bond donors (Lipinski definition) is 1. The van der Waals surface area contributed by atoms with Crippen LogP contribution in [-0.2, 0) is 21.4 Å². The van der Waals surface area contributed by atoms with E-state index in [2.05, 4.69) is 10.3 Å². The Bertz CT molecular complexity index is 1750. The maximum absolute atomic E-state index is 13.6. The van der Waals surface area contributed by atoms with Gasteiger partial charge in [-0.2, -0.15) is 4.31 Å². The number of furan rings is 1. The number of sulfonamides is 1. The summed E-state index contributed by atoms with van der Waals surface area (Å²) in [7, 11) is -0.989. The number of benzene rings is 3. The highest BCUT2D eigenvalue weighted by Crippen LogP contribution is 2.27. The van der Waals surface area contributed by atoms with Gasteiger partial charge in [0.25, 0.3) is 0 Å². The lowest BCUT2D eigenvalue weighted by Gasteiger charge is -2.21. The number of nitrogens with one attached hydrogen (secondary N) is 1. The second-order valence-electron chi connectivity index (χ2n) is 9.46. The smallest absolute Gasteiger partial charge is 0.243 e. The van der Waals surface area contributed by atoms with Crippen molar-refractivity contribution < 1.29 is 27.1 Å². The van der Waals surface area contributed by atoms with Crippen LogP contribution in [0.4, 0.5) is 5.95 Å². The number of hydrogen-bond acceptors (Lipinski definition) is 7. The fraction of sp³-hybridized carbons (Fsp3) is 0.161. The van der Waals surface area contributed by atoms with Gasteiger partial charge in [0, 0.05) is 17.4 Å². The molecule has 5 aromatic rings. The number of nitrogens with zero attached hydrogens (tertiary/aromatic N) is 3. The fourth-order valence-electron chi connectivity index (χ4n) is 4.29. The van der Waals surface area contributed by atoms with Gasteiger partial charge in [0.2, 0.25) is 21.9 Å². The first-order chi connectivity index (χ1) is 20.3. The largest absolute Gasteiger partial charge is 0.497 e. The maximum atomic E-state index is 13.6. The average molecular weight is 587 g/mol. The second kappa shape index (κ2) is 12.3. The minimum absolute atomic E-state index is 0.0191. The van der Waals surface area contributed by atoms with Crippen molar-refractivity contribution in [3.8, 4) is 28.4 Å². The number of aryl methyl sites for hydroxylation is 1. The summed E-state index contributed by atoms with van der Waals surface area (Å²) in [6, 6.07) is 24.5. The summed E-state index contributed by atoms with van der Waals surface area (Å²) in [5.74, 6) is 1.29. The Balaban J connectivity index is 1.46. The molecule has 0 aliphatic heterocycles. The van der Waals surface area contributed by atoms with Crippen molar-refractivity contribution in [2.45, 2.75) is 18.4 Å². The van der Waals surface area contributed by atoms with Crippen LogP contribution < -0.4 is 14.8 Å². The minimum Gasteiger partial charge on any atom is -0.497 e. The van der Waals surface area contributed by atoms with Gasteiger partial charge in [-0.05, 0) is 79.7 Å². The monoisotopic (exact) mass is 586 g/mol. The van der Waals surface area contributed by atoms with Gasteiger partial charge in [0.15, 0.2) is 0 Å². The molecule has 3 aromatic carbocycles. The van der Waals surface area contributed by atoms with Crippen LogP contribution in [-0.4, -0.2) is 48.9 Å². The van der Waals surface area contributed by atoms with Gasteiger partial charge in [-0.25, -0.2) is 13.4 Å². The highest BCUT2D eigenvalue weighted by molar-refractivity contribution is 7.89. The lowest BCUT2D eigenvalue weighted by atomic mass is 10.1. The molecule has 216 valence electrons. The third-order valence-corrected chi connectivity index (χ3v) is 8.39. The quantitative estimate of drug-likeness (QED) is 0.224. The molecule has 11 heteroatoms. The van der Waals surface area contributed by atoms with Crippen molar-refractivity contribution in [3.05, 3.63) is 109 Å². The number of imidazole rings is 1. The fourth-order valence-corrected chi connectivity index (χ4v) is 5.66. The van der Waals surface area contributed by atoms with Crippen molar-refractivity contribution >= 4 is 21.9 Å². The van der Waals surface area contributed by atoms with Crippen LogP contribution in [0.1, 0.15) is 11.3 Å². The van der Waals surface area contributed by atoms with E-state index in [-0.39, 0.29) is 17.4 Å².